The molecule has 0 aliphatic carbocycles. The number of aliphatic imine (C=N–C) groups is 1. The lowest BCUT2D eigenvalue weighted by atomic mass is 10.1. The third-order valence-corrected chi connectivity index (χ3v) is 8.84. The maximum atomic E-state index is 6.87. The molecule has 0 heterocycles. The zero-order valence-electron chi connectivity index (χ0n) is 29.0. The fourth-order valence-electron chi connectivity index (χ4n) is 5.96. The van der Waals surface area contributed by atoms with Crippen LogP contribution >= 0.6 is 0 Å². The standard InChI is InChI=1S/C35H76N5.ClH/c1-7-11-15-19-23-27-31-38(32-28-24-20-16-12-8-2)40(6,35(36)37-5)39(33-29-25-21-17-13-9-3)34-30-26-22-18-14-10-4;/h7-34H2,1-6H3,(H2,36,37);1H/q+1;/p-1. The van der Waals surface area contributed by atoms with Gasteiger partial charge in [-0.3, -0.25) is 0 Å². The predicted molar refractivity (Wildman–Crippen MR) is 180 cm³/mol. The van der Waals surface area contributed by atoms with E-state index in [1.54, 1.807) is 0 Å². The molecule has 0 aliphatic rings. The lowest BCUT2D eigenvalue weighted by Crippen LogP contribution is -3.00. The van der Waals surface area contributed by atoms with E-state index >= 15 is 0 Å². The summed E-state index contributed by atoms with van der Waals surface area (Å²) < 4.78 is 0.588. The Balaban J connectivity index is 0. The molecular formula is C35H76ClN5. The van der Waals surface area contributed by atoms with Crippen molar-refractivity contribution in [3.8, 4) is 0 Å². The quantitative estimate of drug-likeness (QED) is 0.0310. The van der Waals surface area contributed by atoms with Crippen molar-refractivity contribution >= 4 is 5.96 Å². The van der Waals surface area contributed by atoms with Gasteiger partial charge in [0.1, 0.15) is 7.05 Å². The minimum Gasteiger partial charge on any atom is -1.00 e. The highest BCUT2D eigenvalue weighted by Crippen LogP contribution is 2.22. The van der Waals surface area contributed by atoms with Gasteiger partial charge in [-0.1, -0.05) is 156 Å². The van der Waals surface area contributed by atoms with E-state index in [4.69, 9.17) is 5.73 Å². The molecule has 0 bridgehead atoms. The molecule has 0 unspecified atom stereocenters. The van der Waals surface area contributed by atoms with E-state index in [2.05, 4.69) is 49.8 Å². The molecule has 0 rings (SSSR count). The van der Waals surface area contributed by atoms with Gasteiger partial charge in [-0.2, -0.15) is 0 Å². The molecule has 6 heteroatoms. The van der Waals surface area contributed by atoms with Gasteiger partial charge < -0.3 is 18.1 Å². The van der Waals surface area contributed by atoms with Crippen LogP contribution in [0.2, 0.25) is 0 Å². The van der Waals surface area contributed by atoms with Crippen molar-refractivity contribution in [1.82, 2.24) is 10.0 Å². The van der Waals surface area contributed by atoms with Crippen LogP contribution in [0.4, 0.5) is 0 Å². The van der Waals surface area contributed by atoms with Crippen LogP contribution in [-0.4, -0.2) is 61.0 Å². The molecule has 0 spiro atoms. The molecule has 0 saturated heterocycles. The maximum Gasteiger partial charge on any atom is 0.335 e. The largest absolute Gasteiger partial charge is 1.00 e. The van der Waals surface area contributed by atoms with Gasteiger partial charge in [0.05, 0.1) is 26.2 Å². The fourth-order valence-corrected chi connectivity index (χ4v) is 5.96. The molecule has 0 saturated carbocycles. The highest BCUT2D eigenvalue weighted by molar-refractivity contribution is 5.70. The third kappa shape index (κ3) is 21.1. The molecule has 0 aromatic rings. The lowest BCUT2D eigenvalue weighted by molar-refractivity contribution is -1.05. The van der Waals surface area contributed by atoms with Gasteiger partial charge in [0, 0.05) is 7.05 Å². The van der Waals surface area contributed by atoms with E-state index in [1.165, 1.54) is 154 Å². The molecule has 2 N–H and O–H groups in total. The molecule has 0 aromatic carbocycles. The van der Waals surface area contributed by atoms with E-state index in [1.807, 2.05) is 7.05 Å². The lowest BCUT2D eigenvalue weighted by Gasteiger charge is -2.47. The Hall–Kier alpha value is -0.360. The summed E-state index contributed by atoms with van der Waals surface area (Å²) in [5.41, 5.74) is 6.87. The number of nitrogens with zero attached hydrogens (tertiary/aromatic N) is 4. The van der Waals surface area contributed by atoms with Crippen molar-refractivity contribution in [2.75, 3.05) is 40.3 Å². The average Bonchev–Trinajstić information content (AvgIpc) is 2.97. The molecule has 0 radical (unpaired) electrons. The normalized spacial score (nSPS) is 12.4. The van der Waals surface area contributed by atoms with Crippen molar-refractivity contribution in [2.24, 2.45) is 10.7 Å². The minimum absolute atomic E-state index is 0. The maximum absolute atomic E-state index is 6.87. The monoisotopic (exact) mass is 602 g/mol. The second-order valence-corrected chi connectivity index (χ2v) is 12.5. The summed E-state index contributed by atoms with van der Waals surface area (Å²) in [6, 6.07) is 0. The van der Waals surface area contributed by atoms with E-state index in [0.717, 1.165) is 32.1 Å². The molecule has 0 fully saturated rings. The van der Waals surface area contributed by atoms with Crippen LogP contribution in [0, 0.1) is 0 Å². The SMILES string of the molecule is CCCCCCCCN(CCCCCCCC)[N+](C)(/C(N)=N/C)N(CCCCCCCC)CCCCCCCC.[Cl-]. The van der Waals surface area contributed by atoms with Crippen LogP contribution in [0.1, 0.15) is 182 Å². The Morgan fingerprint density at radius 3 is 0.902 bits per heavy atom. The van der Waals surface area contributed by atoms with Gasteiger partial charge in [-0.25, -0.2) is 4.99 Å². The average molecular weight is 602 g/mol. The van der Waals surface area contributed by atoms with E-state index < -0.39 is 0 Å². The summed E-state index contributed by atoms with van der Waals surface area (Å²) in [6.07, 6.45) is 32.0. The van der Waals surface area contributed by atoms with Crippen LogP contribution in [0.25, 0.3) is 0 Å². The first kappa shape index (κ1) is 42.8. The van der Waals surface area contributed by atoms with Crippen molar-refractivity contribution in [3.05, 3.63) is 0 Å². The third-order valence-electron chi connectivity index (χ3n) is 8.84. The Kier molecular flexibility index (Phi) is 32.4. The first-order chi connectivity index (χ1) is 19.5. The molecule has 0 aromatic heterocycles. The van der Waals surface area contributed by atoms with Crippen molar-refractivity contribution in [3.63, 3.8) is 0 Å². The smallest absolute Gasteiger partial charge is 0.335 e. The topological polar surface area (TPSA) is 44.9 Å². The van der Waals surface area contributed by atoms with Crippen LogP contribution in [0.15, 0.2) is 4.99 Å². The molecule has 248 valence electrons. The number of guanidine groups is 1. The first-order valence-electron chi connectivity index (χ1n) is 18.1. The summed E-state index contributed by atoms with van der Waals surface area (Å²) in [5.74, 6) is 0.758. The van der Waals surface area contributed by atoms with Crippen molar-refractivity contribution in [1.29, 1.82) is 0 Å². The second-order valence-electron chi connectivity index (χ2n) is 12.5. The number of nitrogens with two attached hydrogens (primary N) is 1. The highest BCUT2D eigenvalue weighted by Gasteiger charge is 2.41. The fraction of sp³-hybridized carbons (Fsp3) is 0.971. The predicted octanol–water partition coefficient (Wildman–Crippen LogP) is 7.26. The molecule has 0 amide bonds. The molecule has 5 nitrogen and oxygen atoms in total. The molecule has 0 aliphatic heterocycles. The van der Waals surface area contributed by atoms with Gasteiger partial charge in [0.25, 0.3) is 0 Å². The van der Waals surface area contributed by atoms with Gasteiger partial charge in [-0.15, -0.1) is 14.7 Å². The summed E-state index contributed by atoms with van der Waals surface area (Å²) in [7, 11) is 4.25. The summed E-state index contributed by atoms with van der Waals surface area (Å²) in [5, 5.41) is 5.38. The first-order valence-corrected chi connectivity index (χ1v) is 18.1. The number of hydrogen-bond acceptors (Lipinski definition) is 3. The summed E-state index contributed by atoms with van der Waals surface area (Å²) in [4.78, 5) is 4.66. The molecule has 0 atom stereocenters. The van der Waals surface area contributed by atoms with Crippen molar-refractivity contribution in [2.45, 2.75) is 182 Å². The Bertz CT molecular complexity index is 489. The Labute approximate surface area is 265 Å². The van der Waals surface area contributed by atoms with Crippen LogP contribution in [0.3, 0.4) is 0 Å². The highest BCUT2D eigenvalue weighted by atomic mass is 35.5. The molecular weight excluding hydrogens is 526 g/mol. The minimum atomic E-state index is 0. The zero-order chi connectivity index (χ0) is 29.7. The van der Waals surface area contributed by atoms with Crippen molar-refractivity contribution < 1.29 is 17.1 Å². The van der Waals surface area contributed by atoms with Gasteiger partial charge in [-0.05, 0) is 25.7 Å². The van der Waals surface area contributed by atoms with E-state index in [9.17, 15) is 0 Å². The van der Waals surface area contributed by atoms with Gasteiger partial charge >= 0.3 is 5.96 Å². The van der Waals surface area contributed by atoms with Crippen LogP contribution in [0.5, 0.6) is 0 Å². The number of halogens is 1. The van der Waals surface area contributed by atoms with Gasteiger partial charge in [0.2, 0.25) is 0 Å². The van der Waals surface area contributed by atoms with Crippen LogP contribution < -0.4 is 18.1 Å². The Morgan fingerprint density at radius 1 is 0.463 bits per heavy atom. The van der Waals surface area contributed by atoms with Crippen LogP contribution in [-0.2, 0) is 0 Å². The summed E-state index contributed by atoms with van der Waals surface area (Å²) in [6.45, 7) is 13.7. The zero-order valence-corrected chi connectivity index (χ0v) is 29.8. The number of hydrogen-bond donors (Lipinski definition) is 1. The number of unbranched alkanes of at least 4 members (excludes halogenated alkanes) is 20. The van der Waals surface area contributed by atoms with E-state index in [-0.39, 0.29) is 12.4 Å². The Morgan fingerprint density at radius 2 is 0.683 bits per heavy atom. The second kappa shape index (κ2) is 31.1. The number of rotatable bonds is 30. The number of quaternary nitrogens is 1. The van der Waals surface area contributed by atoms with E-state index in [0.29, 0.717) is 4.70 Å². The van der Waals surface area contributed by atoms with Gasteiger partial charge in [0.15, 0.2) is 0 Å². The summed E-state index contributed by atoms with van der Waals surface area (Å²) >= 11 is 0. The molecule has 41 heavy (non-hydrogen) atoms.